The largest absolute Gasteiger partial charge is 0.347 e. The van der Waals surface area contributed by atoms with Gasteiger partial charge in [-0.15, -0.1) is 11.3 Å². The molecular weight excluding hydrogens is 224 g/mol. The molecule has 0 unspecified atom stereocenters. The van der Waals surface area contributed by atoms with Crippen LogP contribution in [0.5, 0.6) is 0 Å². The van der Waals surface area contributed by atoms with Crippen molar-refractivity contribution in [2.24, 2.45) is 0 Å². The van der Waals surface area contributed by atoms with Gasteiger partial charge in [0.15, 0.2) is 0 Å². The van der Waals surface area contributed by atoms with Crippen LogP contribution in [0.1, 0.15) is 16.3 Å². The summed E-state index contributed by atoms with van der Waals surface area (Å²) in [4.78, 5) is 8.98. The van der Waals surface area contributed by atoms with Crippen molar-refractivity contribution in [2.75, 3.05) is 0 Å². The number of rotatable bonds is 1. The number of hydrogen-bond acceptors (Lipinski definition) is 3. The Morgan fingerprint density at radius 1 is 1.33 bits per heavy atom. The minimum absolute atomic E-state index is 0.722. The quantitative estimate of drug-likeness (QED) is 0.763. The lowest BCUT2D eigenvalue weighted by atomic mass is 10.2. The van der Waals surface area contributed by atoms with E-state index in [-0.39, 0.29) is 0 Å². The smallest absolute Gasteiger partial charge is 0.130 e. The SMILES string of the molecule is Cc1nc(-c2ccsc2C)c(=S)[nH]c1C. The lowest BCUT2D eigenvalue weighted by molar-refractivity contribution is 1.04. The molecule has 2 aromatic heterocycles. The van der Waals surface area contributed by atoms with Gasteiger partial charge in [-0.3, -0.25) is 0 Å². The summed E-state index contributed by atoms with van der Waals surface area (Å²) in [5.74, 6) is 0. The van der Waals surface area contributed by atoms with Crippen LogP contribution in [0, 0.1) is 25.4 Å². The van der Waals surface area contributed by atoms with E-state index in [1.54, 1.807) is 11.3 Å². The first-order chi connectivity index (χ1) is 7.09. The highest BCUT2D eigenvalue weighted by molar-refractivity contribution is 7.71. The summed E-state index contributed by atoms with van der Waals surface area (Å²) in [5, 5.41) is 2.07. The van der Waals surface area contributed by atoms with E-state index in [0.29, 0.717) is 0 Å². The zero-order valence-electron chi connectivity index (χ0n) is 8.92. The molecule has 2 rings (SSSR count). The minimum Gasteiger partial charge on any atom is -0.347 e. The van der Waals surface area contributed by atoms with E-state index >= 15 is 0 Å². The van der Waals surface area contributed by atoms with E-state index in [1.807, 2.05) is 13.8 Å². The van der Waals surface area contributed by atoms with E-state index in [9.17, 15) is 0 Å². The van der Waals surface area contributed by atoms with Crippen molar-refractivity contribution < 1.29 is 0 Å². The van der Waals surface area contributed by atoms with Gasteiger partial charge in [-0.2, -0.15) is 0 Å². The molecule has 2 nitrogen and oxygen atoms in total. The molecule has 0 bridgehead atoms. The van der Waals surface area contributed by atoms with E-state index in [2.05, 4.69) is 28.3 Å². The molecule has 0 saturated carbocycles. The van der Waals surface area contributed by atoms with Crippen LogP contribution in [-0.4, -0.2) is 9.97 Å². The number of nitrogens with zero attached hydrogens (tertiary/aromatic N) is 1. The van der Waals surface area contributed by atoms with E-state index in [0.717, 1.165) is 27.3 Å². The lowest BCUT2D eigenvalue weighted by Gasteiger charge is -2.04. The van der Waals surface area contributed by atoms with E-state index < -0.39 is 0 Å². The van der Waals surface area contributed by atoms with Crippen LogP contribution in [0.3, 0.4) is 0 Å². The number of aryl methyl sites for hydroxylation is 3. The highest BCUT2D eigenvalue weighted by Gasteiger charge is 2.08. The van der Waals surface area contributed by atoms with Gasteiger partial charge in [0.05, 0.1) is 5.69 Å². The Morgan fingerprint density at radius 3 is 2.67 bits per heavy atom. The molecule has 0 amide bonds. The Labute approximate surface area is 98.0 Å². The molecule has 0 fully saturated rings. The molecule has 0 aliphatic heterocycles. The average Bonchev–Trinajstić information content (AvgIpc) is 2.58. The summed E-state index contributed by atoms with van der Waals surface area (Å²) in [6.45, 7) is 6.07. The molecule has 4 heteroatoms. The third kappa shape index (κ3) is 1.87. The third-order valence-corrected chi connectivity index (χ3v) is 3.59. The van der Waals surface area contributed by atoms with Gasteiger partial charge in [0.1, 0.15) is 10.3 Å². The highest BCUT2D eigenvalue weighted by Crippen LogP contribution is 2.26. The second-order valence-corrected chi connectivity index (χ2v) is 5.04. The Balaban J connectivity index is 2.69. The Morgan fingerprint density at radius 2 is 2.07 bits per heavy atom. The van der Waals surface area contributed by atoms with Crippen LogP contribution < -0.4 is 0 Å². The molecule has 0 aromatic carbocycles. The van der Waals surface area contributed by atoms with Gasteiger partial charge in [0.2, 0.25) is 0 Å². The van der Waals surface area contributed by atoms with Gasteiger partial charge in [-0.1, -0.05) is 12.2 Å². The van der Waals surface area contributed by atoms with Crippen molar-refractivity contribution in [2.45, 2.75) is 20.8 Å². The maximum Gasteiger partial charge on any atom is 0.130 e. The zero-order valence-corrected chi connectivity index (χ0v) is 10.6. The molecular formula is C11H12N2S2. The maximum absolute atomic E-state index is 5.29. The molecule has 0 spiro atoms. The van der Waals surface area contributed by atoms with Crippen LogP contribution in [0.15, 0.2) is 11.4 Å². The normalized spacial score (nSPS) is 10.6. The van der Waals surface area contributed by atoms with Gasteiger partial charge in [-0.05, 0) is 32.2 Å². The van der Waals surface area contributed by atoms with Gasteiger partial charge >= 0.3 is 0 Å². The molecule has 2 heterocycles. The molecule has 0 aliphatic rings. The fourth-order valence-corrected chi connectivity index (χ4v) is 2.44. The first-order valence-corrected chi connectivity index (χ1v) is 6.00. The van der Waals surface area contributed by atoms with Crippen LogP contribution in [0.4, 0.5) is 0 Å². The van der Waals surface area contributed by atoms with Crippen LogP contribution in [0.2, 0.25) is 0 Å². The van der Waals surface area contributed by atoms with E-state index in [4.69, 9.17) is 12.2 Å². The minimum atomic E-state index is 0.722. The van der Waals surface area contributed by atoms with Crippen LogP contribution in [0.25, 0.3) is 11.3 Å². The standard InChI is InChI=1S/C11H12N2S2/c1-6-7(2)13-11(14)10(12-6)9-4-5-15-8(9)3/h4-5H,1-3H3,(H,13,14). The van der Waals surface area contributed by atoms with Crippen molar-refractivity contribution in [3.8, 4) is 11.3 Å². The Bertz CT molecular complexity index is 552. The highest BCUT2D eigenvalue weighted by atomic mass is 32.1. The van der Waals surface area contributed by atoms with Crippen molar-refractivity contribution in [3.05, 3.63) is 32.4 Å². The second-order valence-electron chi connectivity index (χ2n) is 3.52. The first-order valence-electron chi connectivity index (χ1n) is 4.71. The molecule has 78 valence electrons. The summed E-state index contributed by atoms with van der Waals surface area (Å²) in [6, 6.07) is 2.07. The fraction of sp³-hybridized carbons (Fsp3) is 0.273. The summed E-state index contributed by atoms with van der Waals surface area (Å²) >= 11 is 7.01. The monoisotopic (exact) mass is 236 g/mol. The van der Waals surface area contributed by atoms with E-state index in [1.165, 1.54) is 4.88 Å². The molecule has 0 saturated heterocycles. The fourth-order valence-electron chi connectivity index (χ4n) is 1.44. The zero-order chi connectivity index (χ0) is 11.0. The number of thiophene rings is 1. The second kappa shape index (κ2) is 3.87. The molecule has 2 aromatic rings. The predicted molar refractivity (Wildman–Crippen MR) is 66.9 cm³/mol. The number of aromatic nitrogens is 2. The number of H-pyrrole nitrogens is 1. The molecule has 0 atom stereocenters. The van der Waals surface area contributed by atoms with Gasteiger partial charge < -0.3 is 4.98 Å². The van der Waals surface area contributed by atoms with Crippen molar-refractivity contribution in [3.63, 3.8) is 0 Å². The summed E-state index contributed by atoms with van der Waals surface area (Å²) < 4.78 is 0.722. The lowest BCUT2D eigenvalue weighted by Crippen LogP contribution is -1.96. The summed E-state index contributed by atoms with van der Waals surface area (Å²) in [7, 11) is 0. The van der Waals surface area contributed by atoms with Gasteiger partial charge in [0, 0.05) is 16.1 Å². The molecule has 0 radical (unpaired) electrons. The van der Waals surface area contributed by atoms with Crippen molar-refractivity contribution in [1.82, 2.24) is 9.97 Å². The van der Waals surface area contributed by atoms with Crippen molar-refractivity contribution in [1.29, 1.82) is 0 Å². The first kappa shape index (κ1) is 10.5. The average molecular weight is 236 g/mol. The molecule has 0 aliphatic carbocycles. The predicted octanol–water partition coefficient (Wildman–Crippen LogP) is 3.79. The molecule has 15 heavy (non-hydrogen) atoms. The Kier molecular flexibility index (Phi) is 2.71. The van der Waals surface area contributed by atoms with Gasteiger partial charge in [-0.25, -0.2) is 4.98 Å². The molecule has 1 N–H and O–H groups in total. The Hall–Kier alpha value is -1.00. The number of aromatic amines is 1. The topological polar surface area (TPSA) is 28.7 Å². The van der Waals surface area contributed by atoms with Crippen LogP contribution >= 0.6 is 23.6 Å². The third-order valence-electron chi connectivity index (χ3n) is 2.45. The number of hydrogen-bond donors (Lipinski definition) is 1. The van der Waals surface area contributed by atoms with Crippen LogP contribution in [-0.2, 0) is 0 Å². The van der Waals surface area contributed by atoms with Crippen molar-refractivity contribution >= 4 is 23.6 Å². The van der Waals surface area contributed by atoms with Gasteiger partial charge in [0.25, 0.3) is 0 Å². The summed E-state index contributed by atoms with van der Waals surface area (Å²) in [6.07, 6.45) is 0. The number of nitrogens with one attached hydrogen (secondary N) is 1. The summed E-state index contributed by atoms with van der Waals surface area (Å²) in [5.41, 5.74) is 4.08. The maximum atomic E-state index is 5.29.